The Kier molecular flexibility index (Phi) is 2.91. The Morgan fingerprint density at radius 1 is 1.47 bits per heavy atom. The molecule has 0 atom stereocenters. The number of benzene rings is 1. The second-order valence-corrected chi connectivity index (χ2v) is 3.18. The van der Waals surface area contributed by atoms with Crippen LogP contribution in [0.3, 0.4) is 0 Å². The maximum absolute atomic E-state index is 11.4. The highest BCUT2D eigenvalue weighted by atomic mass is 16.5. The Bertz CT molecular complexity index is 587. The van der Waals surface area contributed by atoms with Gasteiger partial charge in [0, 0.05) is 0 Å². The van der Waals surface area contributed by atoms with E-state index in [9.17, 15) is 9.59 Å². The van der Waals surface area contributed by atoms with Crippen LogP contribution in [0.2, 0.25) is 0 Å². The Balaban J connectivity index is 2.37. The molecule has 7 nitrogen and oxygen atoms in total. The number of ether oxygens (including phenoxy) is 1. The van der Waals surface area contributed by atoms with Crippen molar-refractivity contribution in [3.8, 4) is 11.4 Å². The molecule has 2 N–H and O–H groups in total. The number of carbonyl (C=O) groups is 1. The number of nitrogens with zero attached hydrogens (tertiary/aromatic N) is 2. The SMILES string of the molecule is O=C(O)COc1ccccc1-n1cn[nH]c1=O. The zero-order chi connectivity index (χ0) is 12.3. The molecule has 0 spiro atoms. The van der Waals surface area contributed by atoms with Gasteiger partial charge in [-0.15, -0.1) is 0 Å². The molecule has 2 rings (SSSR count). The molecular formula is C10H9N3O4. The average Bonchev–Trinajstić information content (AvgIpc) is 2.73. The molecule has 7 heteroatoms. The number of rotatable bonds is 4. The molecule has 0 saturated carbocycles. The largest absolute Gasteiger partial charge is 0.480 e. The molecule has 2 aromatic rings. The van der Waals surface area contributed by atoms with E-state index in [4.69, 9.17) is 9.84 Å². The maximum Gasteiger partial charge on any atom is 0.347 e. The van der Waals surface area contributed by atoms with E-state index >= 15 is 0 Å². The van der Waals surface area contributed by atoms with Crippen molar-refractivity contribution in [2.45, 2.75) is 0 Å². The standard InChI is InChI=1S/C10H9N3O4/c14-9(15)5-17-8-4-2-1-3-7(8)13-6-11-12-10(13)16/h1-4,6H,5H2,(H,12,16)(H,14,15). The number of hydrogen-bond donors (Lipinski definition) is 2. The number of hydrogen-bond acceptors (Lipinski definition) is 4. The van der Waals surface area contributed by atoms with E-state index in [0.29, 0.717) is 11.4 Å². The van der Waals surface area contributed by atoms with Crippen molar-refractivity contribution >= 4 is 5.97 Å². The first-order valence-corrected chi connectivity index (χ1v) is 4.74. The maximum atomic E-state index is 11.4. The second-order valence-electron chi connectivity index (χ2n) is 3.18. The third kappa shape index (κ3) is 2.33. The number of carboxylic acids is 1. The molecule has 0 fully saturated rings. The molecule has 0 saturated heterocycles. The Hall–Kier alpha value is -2.57. The molecule has 0 bridgehead atoms. The van der Waals surface area contributed by atoms with E-state index < -0.39 is 18.3 Å². The molecule has 0 aliphatic carbocycles. The van der Waals surface area contributed by atoms with Gasteiger partial charge in [-0.3, -0.25) is 0 Å². The van der Waals surface area contributed by atoms with Crippen molar-refractivity contribution in [2.75, 3.05) is 6.61 Å². The third-order valence-electron chi connectivity index (χ3n) is 2.03. The highest BCUT2D eigenvalue weighted by Gasteiger charge is 2.09. The van der Waals surface area contributed by atoms with Gasteiger partial charge in [0.25, 0.3) is 0 Å². The van der Waals surface area contributed by atoms with Crippen LogP contribution in [0.1, 0.15) is 0 Å². The van der Waals surface area contributed by atoms with Crippen LogP contribution in [0.25, 0.3) is 5.69 Å². The van der Waals surface area contributed by atoms with Crippen molar-refractivity contribution in [1.29, 1.82) is 0 Å². The molecule has 17 heavy (non-hydrogen) atoms. The molecular weight excluding hydrogens is 226 g/mol. The Morgan fingerprint density at radius 2 is 2.24 bits per heavy atom. The molecule has 1 aromatic carbocycles. The number of carboxylic acid groups (broad SMARTS) is 1. The minimum absolute atomic E-state index is 0.304. The van der Waals surface area contributed by atoms with Gasteiger partial charge in [-0.05, 0) is 12.1 Å². The molecule has 88 valence electrons. The summed E-state index contributed by atoms with van der Waals surface area (Å²) >= 11 is 0. The summed E-state index contributed by atoms with van der Waals surface area (Å²) in [7, 11) is 0. The predicted octanol–water partition coefficient (Wildman–Crippen LogP) is 0.0240. The third-order valence-corrected chi connectivity index (χ3v) is 2.03. The van der Waals surface area contributed by atoms with E-state index in [-0.39, 0.29) is 0 Å². The lowest BCUT2D eigenvalue weighted by atomic mass is 10.3. The van der Waals surface area contributed by atoms with E-state index in [1.807, 2.05) is 0 Å². The Morgan fingerprint density at radius 3 is 2.88 bits per heavy atom. The summed E-state index contributed by atoms with van der Waals surface area (Å²) < 4.78 is 6.31. The van der Waals surface area contributed by atoms with Gasteiger partial charge >= 0.3 is 11.7 Å². The number of para-hydroxylation sites is 2. The Labute approximate surface area is 95.3 Å². The van der Waals surface area contributed by atoms with Gasteiger partial charge in [0.2, 0.25) is 0 Å². The number of H-pyrrole nitrogens is 1. The van der Waals surface area contributed by atoms with Gasteiger partial charge in [-0.25, -0.2) is 19.3 Å². The minimum Gasteiger partial charge on any atom is -0.480 e. The van der Waals surface area contributed by atoms with Crippen LogP contribution in [0, 0.1) is 0 Å². The summed E-state index contributed by atoms with van der Waals surface area (Å²) in [4.78, 5) is 21.8. The van der Waals surface area contributed by atoms with Crippen molar-refractivity contribution in [3.05, 3.63) is 41.1 Å². The van der Waals surface area contributed by atoms with Gasteiger partial charge in [0.15, 0.2) is 6.61 Å². The normalized spacial score (nSPS) is 10.1. The smallest absolute Gasteiger partial charge is 0.347 e. The average molecular weight is 235 g/mol. The molecule has 0 unspecified atom stereocenters. The summed E-state index contributed by atoms with van der Waals surface area (Å²) in [6.07, 6.45) is 1.30. The molecule has 0 aliphatic heterocycles. The van der Waals surface area contributed by atoms with Crippen LogP contribution in [0.15, 0.2) is 35.4 Å². The summed E-state index contributed by atoms with van der Waals surface area (Å²) in [6, 6.07) is 6.61. The van der Waals surface area contributed by atoms with Crippen LogP contribution in [-0.4, -0.2) is 32.4 Å². The van der Waals surface area contributed by atoms with Gasteiger partial charge in [0.1, 0.15) is 12.1 Å². The highest BCUT2D eigenvalue weighted by Crippen LogP contribution is 2.20. The van der Waals surface area contributed by atoms with Crippen LogP contribution in [0.5, 0.6) is 5.75 Å². The van der Waals surface area contributed by atoms with E-state index in [2.05, 4.69) is 10.2 Å². The summed E-state index contributed by atoms with van der Waals surface area (Å²) in [5.74, 6) is -0.780. The summed E-state index contributed by atoms with van der Waals surface area (Å²) in [5, 5.41) is 14.4. The fourth-order valence-corrected chi connectivity index (χ4v) is 1.34. The van der Waals surface area contributed by atoms with Crippen LogP contribution in [0.4, 0.5) is 0 Å². The predicted molar refractivity (Wildman–Crippen MR) is 57.3 cm³/mol. The van der Waals surface area contributed by atoms with Gasteiger partial charge < -0.3 is 9.84 Å². The zero-order valence-electron chi connectivity index (χ0n) is 8.66. The first kappa shape index (κ1) is 10.9. The summed E-state index contributed by atoms with van der Waals surface area (Å²) in [5.41, 5.74) is 0.0175. The lowest BCUT2D eigenvalue weighted by Crippen LogP contribution is -2.16. The fourth-order valence-electron chi connectivity index (χ4n) is 1.34. The number of aromatic nitrogens is 3. The molecule has 0 amide bonds. The lowest BCUT2D eigenvalue weighted by molar-refractivity contribution is -0.139. The molecule has 0 aliphatic rings. The molecule has 1 aromatic heterocycles. The van der Waals surface area contributed by atoms with Gasteiger partial charge in [0.05, 0.1) is 5.69 Å². The first-order chi connectivity index (χ1) is 8.18. The van der Waals surface area contributed by atoms with E-state index in [1.165, 1.54) is 10.9 Å². The lowest BCUT2D eigenvalue weighted by Gasteiger charge is -2.08. The number of aliphatic carboxylic acids is 1. The van der Waals surface area contributed by atoms with Gasteiger partial charge in [-0.2, -0.15) is 5.10 Å². The highest BCUT2D eigenvalue weighted by molar-refractivity contribution is 5.68. The van der Waals surface area contributed by atoms with Crippen molar-refractivity contribution < 1.29 is 14.6 Å². The van der Waals surface area contributed by atoms with Crippen LogP contribution < -0.4 is 10.4 Å². The van der Waals surface area contributed by atoms with E-state index in [0.717, 1.165) is 0 Å². The number of aromatic amines is 1. The molecule has 1 heterocycles. The fraction of sp³-hybridized carbons (Fsp3) is 0.100. The first-order valence-electron chi connectivity index (χ1n) is 4.74. The minimum atomic E-state index is -1.08. The topological polar surface area (TPSA) is 97.2 Å². The van der Waals surface area contributed by atoms with Crippen LogP contribution in [-0.2, 0) is 4.79 Å². The summed E-state index contributed by atoms with van der Waals surface area (Å²) in [6.45, 7) is -0.469. The second kappa shape index (κ2) is 4.52. The van der Waals surface area contributed by atoms with E-state index in [1.54, 1.807) is 24.3 Å². The zero-order valence-corrected chi connectivity index (χ0v) is 8.66. The molecule has 0 radical (unpaired) electrons. The quantitative estimate of drug-likeness (QED) is 0.778. The van der Waals surface area contributed by atoms with Crippen molar-refractivity contribution in [3.63, 3.8) is 0 Å². The van der Waals surface area contributed by atoms with Crippen molar-refractivity contribution in [1.82, 2.24) is 14.8 Å². The van der Waals surface area contributed by atoms with Crippen LogP contribution >= 0.6 is 0 Å². The monoisotopic (exact) mass is 235 g/mol. The van der Waals surface area contributed by atoms with Gasteiger partial charge in [-0.1, -0.05) is 12.1 Å². The number of nitrogens with one attached hydrogen (secondary N) is 1. The van der Waals surface area contributed by atoms with Crippen molar-refractivity contribution in [2.24, 2.45) is 0 Å².